The molecule has 0 bridgehead atoms. The highest BCUT2D eigenvalue weighted by Gasteiger charge is 2.14. The molecule has 0 saturated carbocycles. The highest BCUT2D eigenvalue weighted by molar-refractivity contribution is 6.29. The SMILES string of the molecule is Fc1ccc(C(Cl)c2ccc(Cl)o2)cc1. The van der Waals surface area contributed by atoms with E-state index in [1.165, 1.54) is 12.1 Å². The first kappa shape index (κ1) is 10.5. The van der Waals surface area contributed by atoms with E-state index in [9.17, 15) is 4.39 Å². The van der Waals surface area contributed by atoms with Crippen LogP contribution in [-0.4, -0.2) is 0 Å². The Morgan fingerprint density at radius 2 is 1.73 bits per heavy atom. The summed E-state index contributed by atoms with van der Waals surface area (Å²) >= 11 is 11.8. The molecule has 0 N–H and O–H groups in total. The van der Waals surface area contributed by atoms with Crippen LogP contribution in [0.2, 0.25) is 5.22 Å². The molecule has 0 amide bonds. The monoisotopic (exact) mass is 244 g/mol. The number of rotatable bonds is 2. The second kappa shape index (κ2) is 4.25. The lowest BCUT2D eigenvalue weighted by molar-refractivity contribution is 0.518. The van der Waals surface area contributed by atoms with Crippen LogP contribution in [0.3, 0.4) is 0 Å². The van der Waals surface area contributed by atoms with E-state index in [2.05, 4.69) is 0 Å². The van der Waals surface area contributed by atoms with Crippen molar-refractivity contribution in [2.24, 2.45) is 0 Å². The molecule has 2 rings (SSSR count). The molecule has 0 saturated heterocycles. The molecule has 0 aliphatic carbocycles. The third-order valence-electron chi connectivity index (χ3n) is 2.01. The Balaban J connectivity index is 2.28. The quantitative estimate of drug-likeness (QED) is 0.714. The van der Waals surface area contributed by atoms with E-state index in [1.54, 1.807) is 24.3 Å². The van der Waals surface area contributed by atoms with Gasteiger partial charge in [0.2, 0.25) is 0 Å². The summed E-state index contributed by atoms with van der Waals surface area (Å²) in [5.41, 5.74) is 0.768. The Kier molecular flexibility index (Phi) is 2.98. The molecule has 78 valence electrons. The Bertz CT molecular complexity index is 450. The molecule has 0 spiro atoms. The summed E-state index contributed by atoms with van der Waals surface area (Å²) in [4.78, 5) is 0. The van der Waals surface area contributed by atoms with Crippen molar-refractivity contribution in [3.05, 3.63) is 58.8 Å². The van der Waals surface area contributed by atoms with Crippen molar-refractivity contribution < 1.29 is 8.81 Å². The van der Waals surface area contributed by atoms with Crippen molar-refractivity contribution in [1.82, 2.24) is 0 Å². The summed E-state index contributed by atoms with van der Waals surface area (Å²) in [6.07, 6.45) is 0. The first-order valence-electron chi connectivity index (χ1n) is 4.31. The number of benzene rings is 1. The number of halogens is 3. The van der Waals surface area contributed by atoms with Crippen LogP contribution in [0, 0.1) is 5.82 Å². The van der Waals surface area contributed by atoms with Gasteiger partial charge in [-0.25, -0.2) is 4.39 Å². The fraction of sp³-hybridized carbons (Fsp3) is 0.0909. The first-order chi connectivity index (χ1) is 7.16. The Labute approximate surface area is 96.4 Å². The molecule has 0 radical (unpaired) electrons. The number of alkyl halides is 1. The number of hydrogen-bond donors (Lipinski definition) is 0. The molecule has 1 heterocycles. The van der Waals surface area contributed by atoms with Gasteiger partial charge in [0, 0.05) is 0 Å². The molecule has 2 aromatic rings. The molecular weight excluding hydrogens is 238 g/mol. The lowest BCUT2D eigenvalue weighted by Crippen LogP contribution is -1.90. The maximum Gasteiger partial charge on any atom is 0.193 e. The van der Waals surface area contributed by atoms with Gasteiger partial charge in [-0.15, -0.1) is 11.6 Å². The van der Waals surface area contributed by atoms with E-state index in [4.69, 9.17) is 27.6 Å². The van der Waals surface area contributed by atoms with Crippen molar-refractivity contribution in [1.29, 1.82) is 0 Å². The molecule has 0 aliphatic heterocycles. The predicted molar refractivity (Wildman–Crippen MR) is 57.8 cm³/mol. The van der Waals surface area contributed by atoms with Crippen LogP contribution in [0.1, 0.15) is 16.7 Å². The van der Waals surface area contributed by atoms with Crippen molar-refractivity contribution in [2.45, 2.75) is 5.38 Å². The normalized spacial score (nSPS) is 12.7. The van der Waals surface area contributed by atoms with Crippen molar-refractivity contribution in [3.8, 4) is 0 Å². The average molecular weight is 245 g/mol. The summed E-state index contributed by atoms with van der Waals surface area (Å²) < 4.78 is 17.8. The number of hydrogen-bond acceptors (Lipinski definition) is 1. The third-order valence-corrected chi connectivity index (χ3v) is 2.68. The summed E-state index contributed by atoms with van der Waals surface area (Å²) in [6.45, 7) is 0. The van der Waals surface area contributed by atoms with E-state index < -0.39 is 5.38 Å². The molecule has 15 heavy (non-hydrogen) atoms. The van der Waals surface area contributed by atoms with Crippen LogP contribution in [-0.2, 0) is 0 Å². The Morgan fingerprint density at radius 3 is 2.27 bits per heavy atom. The van der Waals surface area contributed by atoms with Gasteiger partial charge >= 0.3 is 0 Å². The molecule has 1 aromatic heterocycles. The van der Waals surface area contributed by atoms with Gasteiger partial charge in [-0.2, -0.15) is 0 Å². The summed E-state index contributed by atoms with van der Waals surface area (Å²) in [7, 11) is 0. The van der Waals surface area contributed by atoms with Crippen LogP contribution >= 0.6 is 23.2 Å². The minimum atomic E-state index is -0.446. The van der Waals surface area contributed by atoms with Gasteiger partial charge in [0.15, 0.2) is 5.22 Å². The second-order valence-electron chi connectivity index (χ2n) is 3.06. The maximum absolute atomic E-state index is 12.7. The smallest absolute Gasteiger partial charge is 0.193 e. The second-order valence-corrected chi connectivity index (χ2v) is 3.86. The lowest BCUT2D eigenvalue weighted by atomic mass is 10.1. The highest BCUT2D eigenvalue weighted by Crippen LogP contribution is 2.31. The van der Waals surface area contributed by atoms with Crippen molar-refractivity contribution >= 4 is 23.2 Å². The van der Waals surface area contributed by atoms with Gasteiger partial charge in [0.05, 0.1) is 0 Å². The standard InChI is InChI=1S/C11H7Cl2FO/c12-10-6-5-9(15-10)11(13)7-1-3-8(14)4-2-7/h1-6,11H. The minimum absolute atomic E-state index is 0.290. The van der Waals surface area contributed by atoms with E-state index in [1.807, 2.05) is 0 Å². The average Bonchev–Trinajstić information content (AvgIpc) is 2.65. The summed E-state index contributed by atoms with van der Waals surface area (Å²) in [5, 5.41) is -0.157. The van der Waals surface area contributed by atoms with Gasteiger partial charge in [0.25, 0.3) is 0 Å². The van der Waals surface area contributed by atoms with Gasteiger partial charge in [-0.05, 0) is 41.4 Å². The molecule has 4 heteroatoms. The summed E-state index contributed by atoms with van der Waals surface area (Å²) in [5.74, 6) is 0.258. The zero-order chi connectivity index (χ0) is 10.8. The Hall–Kier alpha value is -0.990. The fourth-order valence-electron chi connectivity index (χ4n) is 1.26. The zero-order valence-electron chi connectivity index (χ0n) is 7.58. The predicted octanol–water partition coefficient (Wildman–Crippen LogP) is 4.40. The molecule has 1 nitrogen and oxygen atoms in total. The summed E-state index contributed by atoms with van der Waals surface area (Å²) in [6, 6.07) is 9.26. The van der Waals surface area contributed by atoms with Crippen LogP contribution in [0.4, 0.5) is 4.39 Å². The molecule has 1 aromatic carbocycles. The number of furan rings is 1. The van der Waals surface area contributed by atoms with Crippen molar-refractivity contribution in [3.63, 3.8) is 0 Å². The van der Waals surface area contributed by atoms with Crippen LogP contribution in [0.5, 0.6) is 0 Å². The molecular formula is C11H7Cl2FO. The van der Waals surface area contributed by atoms with E-state index in [0.29, 0.717) is 5.76 Å². The van der Waals surface area contributed by atoms with Crippen molar-refractivity contribution in [2.75, 3.05) is 0 Å². The van der Waals surface area contributed by atoms with Crippen LogP contribution in [0.15, 0.2) is 40.8 Å². The fourth-order valence-corrected chi connectivity index (χ4v) is 1.68. The van der Waals surface area contributed by atoms with Gasteiger partial charge in [-0.1, -0.05) is 12.1 Å². The highest BCUT2D eigenvalue weighted by atomic mass is 35.5. The van der Waals surface area contributed by atoms with Gasteiger partial charge < -0.3 is 4.42 Å². The Morgan fingerprint density at radius 1 is 1.07 bits per heavy atom. The zero-order valence-corrected chi connectivity index (χ0v) is 9.10. The lowest BCUT2D eigenvalue weighted by Gasteiger charge is -2.05. The molecule has 1 atom stereocenters. The molecule has 0 aliphatic rings. The van der Waals surface area contributed by atoms with Crippen LogP contribution < -0.4 is 0 Å². The van der Waals surface area contributed by atoms with Gasteiger partial charge in [0.1, 0.15) is 17.0 Å². The molecule has 1 unspecified atom stereocenters. The maximum atomic E-state index is 12.7. The van der Waals surface area contributed by atoms with E-state index in [-0.39, 0.29) is 11.0 Å². The van der Waals surface area contributed by atoms with Gasteiger partial charge in [-0.3, -0.25) is 0 Å². The first-order valence-corrected chi connectivity index (χ1v) is 5.13. The van der Waals surface area contributed by atoms with Crippen LogP contribution in [0.25, 0.3) is 0 Å². The third kappa shape index (κ3) is 2.33. The topological polar surface area (TPSA) is 13.1 Å². The minimum Gasteiger partial charge on any atom is -0.448 e. The van der Waals surface area contributed by atoms with E-state index >= 15 is 0 Å². The largest absolute Gasteiger partial charge is 0.448 e. The molecule has 0 fully saturated rings. The van der Waals surface area contributed by atoms with E-state index in [0.717, 1.165) is 5.56 Å².